The van der Waals surface area contributed by atoms with Gasteiger partial charge in [0.25, 0.3) is 11.6 Å². The van der Waals surface area contributed by atoms with Crippen molar-refractivity contribution in [2.45, 2.75) is 44.9 Å². The number of nitro groups is 1. The number of hydrogen-bond acceptors (Lipinski definition) is 7. The van der Waals surface area contributed by atoms with Crippen LogP contribution in [0.15, 0.2) is 42.5 Å². The molecule has 2 N–H and O–H groups in total. The molecule has 1 fully saturated rings. The summed E-state index contributed by atoms with van der Waals surface area (Å²) in [7, 11) is 0. The summed E-state index contributed by atoms with van der Waals surface area (Å²) in [5, 5.41) is 23.8. The number of nitrogens with zero attached hydrogens (tertiary/aromatic N) is 3. The Morgan fingerprint density at radius 2 is 1.97 bits per heavy atom. The van der Waals surface area contributed by atoms with Crippen LogP contribution in [-0.2, 0) is 11.3 Å². The highest BCUT2D eigenvalue weighted by molar-refractivity contribution is 5.96. The van der Waals surface area contributed by atoms with Gasteiger partial charge in [0, 0.05) is 36.3 Å². The molecule has 0 aromatic heterocycles. The van der Waals surface area contributed by atoms with Gasteiger partial charge in [-0.1, -0.05) is 25.1 Å². The second kappa shape index (κ2) is 10.1. The van der Waals surface area contributed by atoms with Gasteiger partial charge in [0.05, 0.1) is 23.3 Å². The van der Waals surface area contributed by atoms with Crippen LogP contribution >= 0.6 is 0 Å². The summed E-state index contributed by atoms with van der Waals surface area (Å²) in [5.74, 6) is -0.462. The largest absolute Gasteiger partial charge is 0.444 e. The maximum atomic E-state index is 12.5. The van der Waals surface area contributed by atoms with Gasteiger partial charge in [-0.05, 0) is 37.5 Å². The van der Waals surface area contributed by atoms with Crippen LogP contribution in [-0.4, -0.2) is 53.8 Å². The Hall–Kier alpha value is -3.66. The molecule has 2 aromatic rings. The summed E-state index contributed by atoms with van der Waals surface area (Å²) < 4.78 is 5.34. The summed E-state index contributed by atoms with van der Waals surface area (Å²) in [6.07, 6.45) is 1.42. The van der Waals surface area contributed by atoms with E-state index in [1.165, 1.54) is 6.07 Å². The van der Waals surface area contributed by atoms with Gasteiger partial charge in [-0.2, -0.15) is 0 Å². The fourth-order valence-corrected chi connectivity index (χ4v) is 4.51. The van der Waals surface area contributed by atoms with E-state index in [2.05, 4.69) is 5.32 Å². The molecule has 2 aliphatic rings. The van der Waals surface area contributed by atoms with Crippen LogP contribution in [0.1, 0.15) is 42.1 Å². The molecular formula is C24H28N4O6. The van der Waals surface area contributed by atoms with Crippen LogP contribution < -0.4 is 15.1 Å². The minimum atomic E-state index is -0.486. The van der Waals surface area contributed by atoms with Crippen molar-refractivity contribution in [2.75, 3.05) is 29.5 Å². The van der Waals surface area contributed by atoms with Crippen molar-refractivity contribution in [3.05, 3.63) is 63.7 Å². The van der Waals surface area contributed by atoms with Crippen LogP contribution in [0, 0.1) is 10.1 Å². The third kappa shape index (κ3) is 4.67. The van der Waals surface area contributed by atoms with Crippen LogP contribution in [0.4, 0.5) is 21.9 Å². The van der Waals surface area contributed by atoms with E-state index in [0.29, 0.717) is 38.0 Å². The normalized spacial score (nSPS) is 17.1. The Bertz CT molecular complexity index is 1080. The van der Waals surface area contributed by atoms with Crippen molar-refractivity contribution < 1.29 is 24.4 Å². The fourth-order valence-electron chi connectivity index (χ4n) is 4.51. The number of amides is 2. The molecule has 0 radical (unpaired) electrons. The number of rotatable bonds is 7. The molecule has 10 heteroatoms. The molecule has 4 rings (SSSR count). The van der Waals surface area contributed by atoms with Gasteiger partial charge in [0.15, 0.2) is 0 Å². The van der Waals surface area contributed by atoms with Crippen molar-refractivity contribution >= 4 is 29.1 Å². The van der Waals surface area contributed by atoms with Gasteiger partial charge in [0.2, 0.25) is 0 Å². The van der Waals surface area contributed by atoms with Gasteiger partial charge in [-0.3, -0.25) is 19.8 Å². The predicted molar refractivity (Wildman–Crippen MR) is 126 cm³/mol. The van der Waals surface area contributed by atoms with Crippen molar-refractivity contribution in [2.24, 2.45) is 0 Å². The number of anilines is 2. The minimum absolute atomic E-state index is 0.0706. The molecule has 180 valence electrons. The zero-order chi connectivity index (χ0) is 24.2. The van der Waals surface area contributed by atoms with E-state index < -0.39 is 16.9 Å². The highest BCUT2D eigenvalue weighted by atomic mass is 16.6. The fraction of sp³-hybridized carbons (Fsp3) is 0.417. The van der Waals surface area contributed by atoms with E-state index in [4.69, 9.17) is 4.74 Å². The third-order valence-electron chi connectivity index (χ3n) is 6.45. The number of benzene rings is 2. The number of nitrogens with one attached hydrogen (secondary N) is 1. The zero-order valence-electron chi connectivity index (χ0n) is 19.0. The van der Waals surface area contributed by atoms with Crippen LogP contribution in [0.3, 0.4) is 0 Å². The first-order valence-corrected chi connectivity index (χ1v) is 11.4. The molecule has 2 aliphatic heterocycles. The van der Waals surface area contributed by atoms with E-state index in [9.17, 15) is 24.8 Å². The highest BCUT2D eigenvalue weighted by Gasteiger charge is 2.35. The van der Waals surface area contributed by atoms with Gasteiger partial charge in [0.1, 0.15) is 12.3 Å². The molecule has 1 saturated heterocycles. The predicted octanol–water partition coefficient (Wildman–Crippen LogP) is 3.22. The Kier molecular flexibility index (Phi) is 6.97. The van der Waals surface area contributed by atoms with E-state index in [-0.39, 0.29) is 36.6 Å². The average molecular weight is 469 g/mol. The Morgan fingerprint density at radius 3 is 2.65 bits per heavy atom. The van der Waals surface area contributed by atoms with Gasteiger partial charge < -0.3 is 20.1 Å². The number of fused-ring (bicyclic) bond motifs is 1. The molecule has 1 atom stereocenters. The molecule has 0 unspecified atom stereocenters. The van der Waals surface area contributed by atoms with Gasteiger partial charge >= 0.3 is 6.09 Å². The van der Waals surface area contributed by atoms with Crippen LogP contribution in [0.25, 0.3) is 0 Å². The molecule has 2 heterocycles. The number of nitro benzene ring substituents is 1. The molecule has 0 bridgehead atoms. The van der Waals surface area contributed by atoms with E-state index in [1.54, 1.807) is 17.0 Å². The van der Waals surface area contributed by atoms with Gasteiger partial charge in [-0.15, -0.1) is 0 Å². The summed E-state index contributed by atoms with van der Waals surface area (Å²) in [6.45, 7) is 2.93. The molecule has 2 amide bonds. The lowest BCUT2D eigenvalue weighted by Gasteiger charge is -2.40. The van der Waals surface area contributed by atoms with Crippen molar-refractivity contribution in [1.29, 1.82) is 0 Å². The second-order valence-corrected chi connectivity index (χ2v) is 8.49. The number of para-hydroxylation sites is 1. The lowest BCUT2D eigenvalue weighted by molar-refractivity contribution is -0.384. The lowest BCUT2D eigenvalue weighted by Crippen LogP contribution is -2.49. The first kappa shape index (κ1) is 23.5. The number of hydrogen-bond donors (Lipinski definition) is 2. The van der Waals surface area contributed by atoms with Crippen LogP contribution in [0.2, 0.25) is 0 Å². The first-order valence-electron chi connectivity index (χ1n) is 11.4. The number of carbonyl (C=O) groups excluding carboxylic acids is 2. The number of cyclic esters (lactones) is 1. The smallest absolute Gasteiger partial charge is 0.414 e. The maximum absolute atomic E-state index is 12.5. The zero-order valence-corrected chi connectivity index (χ0v) is 19.0. The molecular weight excluding hydrogens is 440 g/mol. The van der Waals surface area contributed by atoms with E-state index in [1.807, 2.05) is 36.1 Å². The summed E-state index contributed by atoms with van der Waals surface area (Å²) in [5.41, 5.74) is 2.28. The lowest BCUT2D eigenvalue weighted by atomic mass is 9.99. The number of carbonyl (C=O) groups is 2. The molecule has 34 heavy (non-hydrogen) atoms. The summed E-state index contributed by atoms with van der Waals surface area (Å²) >= 11 is 0. The van der Waals surface area contributed by atoms with Crippen molar-refractivity contribution in [1.82, 2.24) is 5.32 Å². The number of piperidine rings is 1. The monoisotopic (exact) mass is 468 g/mol. The first-order chi connectivity index (χ1) is 16.4. The standard InChI is InChI=1S/C24H28N4O6/c1-2-18(14-29)25-23(30)16-7-8-21(22(13-16)28(32)33)26-11-9-19(10-12-26)27-20-6-4-3-5-17(20)15-34-24(27)31/h3-8,13,18-19,29H,2,9-12,14-15H2,1H3,(H,25,30)/t18-/m1/s1. The molecule has 0 spiro atoms. The molecule has 0 aliphatic carbocycles. The number of ether oxygens (including phenoxy) is 1. The summed E-state index contributed by atoms with van der Waals surface area (Å²) in [6, 6.07) is 11.6. The second-order valence-electron chi connectivity index (χ2n) is 8.49. The van der Waals surface area contributed by atoms with Gasteiger partial charge in [-0.25, -0.2) is 4.79 Å². The Morgan fingerprint density at radius 1 is 1.24 bits per heavy atom. The summed E-state index contributed by atoms with van der Waals surface area (Å²) in [4.78, 5) is 39.9. The third-order valence-corrected chi connectivity index (χ3v) is 6.45. The Balaban J connectivity index is 1.49. The number of aliphatic hydroxyl groups excluding tert-OH is 1. The SMILES string of the molecule is CC[C@H](CO)NC(=O)c1ccc(N2CCC(N3C(=O)OCc4ccccc43)CC2)c([N+](=O)[O-])c1. The van der Waals surface area contributed by atoms with E-state index in [0.717, 1.165) is 11.3 Å². The molecule has 2 aromatic carbocycles. The van der Waals surface area contributed by atoms with Crippen molar-refractivity contribution in [3.8, 4) is 0 Å². The van der Waals surface area contributed by atoms with Crippen molar-refractivity contribution in [3.63, 3.8) is 0 Å². The maximum Gasteiger partial charge on any atom is 0.414 e. The average Bonchev–Trinajstić information content (AvgIpc) is 2.87. The Labute approximate surface area is 197 Å². The minimum Gasteiger partial charge on any atom is -0.444 e. The van der Waals surface area contributed by atoms with Crippen LogP contribution in [0.5, 0.6) is 0 Å². The quantitative estimate of drug-likeness (QED) is 0.472. The topological polar surface area (TPSA) is 125 Å². The molecule has 0 saturated carbocycles. The molecule has 10 nitrogen and oxygen atoms in total. The highest BCUT2D eigenvalue weighted by Crippen LogP contribution is 2.35. The van der Waals surface area contributed by atoms with E-state index >= 15 is 0 Å². The number of aliphatic hydroxyl groups is 1.